The van der Waals surface area contributed by atoms with Gasteiger partial charge < -0.3 is 15.8 Å². The summed E-state index contributed by atoms with van der Waals surface area (Å²) in [5, 5.41) is 2.73. The van der Waals surface area contributed by atoms with Crippen molar-refractivity contribution in [3.05, 3.63) is 35.9 Å². The van der Waals surface area contributed by atoms with Crippen LogP contribution in [0.15, 0.2) is 30.3 Å². The smallest absolute Gasteiger partial charge is 0.307 e. The summed E-state index contributed by atoms with van der Waals surface area (Å²) < 4.78 is 4.54. The lowest BCUT2D eigenvalue weighted by molar-refractivity contribution is -0.141. The van der Waals surface area contributed by atoms with Crippen LogP contribution < -0.4 is 11.1 Å². The molecule has 2 atom stereocenters. The van der Waals surface area contributed by atoms with Crippen molar-refractivity contribution >= 4 is 24.3 Å². The second-order valence-corrected chi connectivity index (χ2v) is 4.47. The molecule has 0 heterocycles. The molecule has 0 aliphatic heterocycles. The van der Waals surface area contributed by atoms with E-state index in [0.29, 0.717) is 0 Å². The Labute approximate surface area is 125 Å². The van der Waals surface area contributed by atoms with Gasteiger partial charge in [-0.25, -0.2) is 0 Å². The molecule has 0 fully saturated rings. The number of hydrogen-bond donors (Lipinski definition) is 2. The van der Waals surface area contributed by atoms with E-state index in [1.807, 2.05) is 30.3 Å². The van der Waals surface area contributed by atoms with Crippen LogP contribution in [0, 0.1) is 0 Å². The molecule has 1 amide bonds. The predicted molar refractivity (Wildman–Crippen MR) is 79.5 cm³/mol. The molecule has 6 heteroatoms. The van der Waals surface area contributed by atoms with Crippen molar-refractivity contribution in [1.82, 2.24) is 5.32 Å². The van der Waals surface area contributed by atoms with Crippen molar-refractivity contribution in [2.24, 2.45) is 5.73 Å². The lowest BCUT2D eigenvalue weighted by Crippen LogP contribution is -2.36. The Morgan fingerprint density at radius 3 is 2.40 bits per heavy atom. The summed E-state index contributed by atoms with van der Waals surface area (Å²) in [6, 6.07) is 8.83. The molecular formula is C14H21ClN2O3. The molecule has 0 aromatic heterocycles. The van der Waals surface area contributed by atoms with Crippen LogP contribution in [0.3, 0.4) is 0 Å². The van der Waals surface area contributed by atoms with Gasteiger partial charge in [0, 0.05) is 18.5 Å². The van der Waals surface area contributed by atoms with Crippen LogP contribution in [-0.2, 0) is 14.3 Å². The molecule has 3 N–H and O–H groups in total. The first-order chi connectivity index (χ1) is 9.02. The standard InChI is InChI=1S/C14H20N2O3.ClH/c1-10(8-14(18)19-2)16-13(17)9-12(15)11-6-4-3-5-7-11;/h3-7,10,12H,8-9,15H2,1-2H3,(H,16,17);1H. The number of carbonyl (C=O) groups is 2. The van der Waals surface area contributed by atoms with Gasteiger partial charge in [-0.3, -0.25) is 9.59 Å². The molecule has 2 unspecified atom stereocenters. The predicted octanol–water partition coefficient (Wildman–Crippen LogP) is 1.57. The monoisotopic (exact) mass is 300 g/mol. The second kappa shape index (κ2) is 9.34. The number of carbonyl (C=O) groups excluding carboxylic acids is 2. The van der Waals surface area contributed by atoms with Crippen molar-refractivity contribution in [3.63, 3.8) is 0 Å². The second-order valence-electron chi connectivity index (χ2n) is 4.47. The zero-order valence-electron chi connectivity index (χ0n) is 11.7. The maximum atomic E-state index is 11.8. The van der Waals surface area contributed by atoms with E-state index in [9.17, 15) is 9.59 Å². The number of methoxy groups -OCH3 is 1. The van der Waals surface area contributed by atoms with Crippen LogP contribution in [0.4, 0.5) is 0 Å². The zero-order chi connectivity index (χ0) is 14.3. The van der Waals surface area contributed by atoms with Gasteiger partial charge in [-0.15, -0.1) is 12.4 Å². The molecule has 5 nitrogen and oxygen atoms in total. The average molecular weight is 301 g/mol. The summed E-state index contributed by atoms with van der Waals surface area (Å²) in [5.74, 6) is -0.520. The third-order valence-corrected chi connectivity index (χ3v) is 2.74. The molecule has 1 aromatic carbocycles. The lowest BCUT2D eigenvalue weighted by Gasteiger charge is -2.15. The number of amides is 1. The van der Waals surface area contributed by atoms with Crippen LogP contribution in [0.1, 0.15) is 31.4 Å². The van der Waals surface area contributed by atoms with Crippen molar-refractivity contribution in [3.8, 4) is 0 Å². The van der Waals surface area contributed by atoms with Gasteiger partial charge in [-0.05, 0) is 12.5 Å². The minimum absolute atomic E-state index is 0. The minimum atomic E-state index is -0.347. The third kappa shape index (κ3) is 6.54. The molecule has 0 aliphatic carbocycles. The van der Waals surface area contributed by atoms with Crippen molar-refractivity contribution in [2.75, 3.05) is 7.11 Å². The number of rotatable bonds is 6. The Balaban J connectivity index is 0.00000361. The van der Waals surface area contributed by atoms with Gasteiger partial charge in [0.2, 0.25) is 5.91 Å². The molecule has 1 rings (SSSR count). The molecule has 20 heavy (non-hydrogen) atoms. The molecule has 0 bridgehead atoms. The molecule has 0 saturated heterocycles. The zero-order valence-corrected chi connectivity index (χ0v) is 12.5. The van der Waals surface area contributed by atoms with Gasteiger partial charge in [0.15, 0.2) is 0 Å². The summed E-state index contributed by atoms with van der Waals surface area (Å²) in [4.78, 5) is 22.8. The largest absolute Gasteiger partial charge is 0.469 e. The number of esters is 1. The summed E-state index contributed by atoms with van der Waals surface area (Å²) in [6.07, 6.45) is 0.346. The summed E-state index contributed by atoms with van der Waals surface area (Å²) >= 11 is 0. The van der Waals surface area contributed by atoms with E-state index in [1.165, 1.54) is 7.11 Å². The highest BCUT2D eigenvalue weighted by atomic mass is 35.5. The van der Waals surface area contributed by atoms with Gasteiger partial charge in [0.25, 0.3) is 0 Å². The van der Waals surface area contributed by atoms with Crippen LogP contribution in [-0.4, -0.2) is 25.0 Å². The quantitative estimate of drug-likeness (QED) is 0.781. The topological polar surface area (TPSA) is 81.4 Å². The van der Waals surface area contributed by atoms with E-state index in [2.05, 4.69) is 10.1 Å². The number of benzene rings is 1. The number of ether oxygens (including phenoxy) is 1. The highest BCUT2D eigenvalue weighted by Crippen LogP contribution is 2.13. The van der Waals surface area contributed by atoms with Gasteiger partial charge in [0.1, 0.15) is 0 Å². The summed E-state index contributed by atoms with van der Waals surface area (Å²) in [7, 11) is 1.32. The fourth-order valence-electron chi connectivity index (χ4n) is 1.74. The first-order valence-electron chi connectivity index (χ1n) is 6.19. The Morgan fingerprint density at radius 1 is 1.25 bits per heavy atom. The van der Waals surface area contributed by atoms with Crippen LogP contribution in [0.2, 0.25) is 0 Å². The number of nitrogens with two attached hydrogens (primary N) is 1. The van der Waals surface area contributed by atoms with Crippen LogP contribution >= 0.6 is 12.4 Å². The molecule has 0 radical (unpaired) electrons. The number of halogens is 1. The molecule has 0 saturated carbocycles. The van der Waals surface area contributed by atoms with E-state index in [1.54, 1.807) is 6.92 Å². The van der Waals surface area contributed by atoms with Crippen molar-refractivity contribution in [1.29, 1.82) is 0 Å². The van der Waals surface area contributed by atoms with E-state index in [4.69, 9.17) is 5.73 Å². The highest BCUT2D eigenvalue weighted by molar-refractivity contribution is 5.85. The Bertz CT molecular complexity index is 426. The van der Waals surface area contributed by atoms with Gasteiger partial charge in [-0.1, -0.05) is 30.3 Å². The van der Waals surface area contributed by atoms with Crippen LogP contribution in [0.25, 0.3) is 0 Å². The van der Waals surface area contributed by atoms with Crippen molar-refractivity contribution in [2.45, 2.75) is 31.8 Å². The Morgan fingerprint density at radius 2 is 1.85 bits per heavy atom. The van der Waals surface area contributed by atoms with Crippen molar-refractivity contribution < 1.29 is 14.3 Å². The molecule has 1 aromatic rings. The van der Waals surface area contributed by atoms with E-state index < -0.39 is 0 Å². The normalized spacial score (nSPS) is 12.8. The number of hydrogen-bond acceptors (Lipinski definition) is 4. The summed E-state index contributed by atoms with van der Waals surface area (Å²) in [5.41, 5.74) is 6.86. The maximum Gasteiger partial charge on any atom is 0.307 e. The first kappa shape index (κ1) is 18.4. The van der Waals surface area contributed by atoms with Gasteiger partial charge in [-0.2, -0.15) is 0 Å². The lowest BCUT2D eigenvalue weighted by atomic mass is 10.0. The Kier molecular flexibility index (Phi) is 8.59. The maximum absolute atomic E-state index is 11.8. The average Bonchev–Trinajstić information content (AvgIpc) is 2.39. The molecular weight excluding hydrogens is 280 g/mol. The Hall–Kier alpha value is -1.59. The first-order valence-corrected chi connectivity index (χ1v) is 6.19. The van der Waals surface area contributed by atoms with E-state index in [-0.39, 0.29) is 49.2 Å². The van der Waals surface area contributed by atoms with E-state index >= 15 is 0 Å². The SMILES string of the molecule is COC(=O)CC(C)NC(=O)CC(N)c1ccccc1.Cl. The molecule has 0 aliphatic rings. The van der Waals surface area contributed by atoms with Gasteiger partial charge >= 0.3 is 5.97 Å². The fourth-order valence-corrected chi connectivity index (χ4v) is 1.74. The van der Waals surface area contributed by atoms with Gasteiger partial charge in [0.05, 0.1) is 13.5 Å². The molecule has 0 spiro atoms. The fraction of sp³-hybridized carbons (Fsp3) is 0.429. The van der Waals surface area contributed by atoms with Crippen LogP contribution in [0.5, 0.6) is 0 Å². The third-order valence-electron chi connectivity index (χ3n) is 2.74. The highest BCUT2D eigenvalue weighted by Gasteiger charge is 2.15. The minimum Gasteiger partial charge on any atom is -0.469 e. The summed E-state index contributed by atoms with van der Waals surface area (Å²) in [6.45, 7) is 1.75. The number of nitrogens with one attached hydrogen (secondary N) is 1. The molecule has 112 valence electrons. The van der Waals surface area contributed by atoms with E-state index in [0.717, 1.165) is 5.56 Å².